The molecule has 0 unspecified atom stereocenters. The van der Waals surface area contributed by atoms with Gasteiger partial charge < -0.3 is 9.84 Å². The van der Waals surface area contributed by atoms with Gasteiger partial charge in [0.2, 0.25) is 0 Å². The molecule has 0 radical (unpaired) electrons. The van der Waals surface area contributed by atoms with Crippen LogP contribution in [0.1, 0.15) is 27.5 Å². The number of carbonyl (C=O) groups excluding carboxylic acids is 1. The molecule has 1 aliphatic carbocycles. The van der Waals surface area contributed by atoms with Crippen molar-refractivity contribution < 1.29 is 19.4 Å². The average Bonchev–Trinajstić information content (AvgIpc) is 3.18. The van der Waals surface area contributed by atoms with E-state index in [2.05, 4.69) is 22.5 Å². The highest BCUT2D eigenvalue weighted by atomic mass is 16.5. The number of carboxylic acid groups (broad SMARTS) is 1. The summed E-state index contributed by atoms with van der Waals surface area (Å²) in [4.78, 5) is 23.4. The van der Waals surface area contributed by atoms with E-state index in [-0.39, 0.29) is 23.9 Å². The highest BCUT2D eigenvalue weighted by Gasteiger charge is 2.29. The summed E-state index contributed by atoms with van der Waals surface area (Å²) in [5, 5.41) is 15.4. The Morgan fingerprint density at radius 2 is 1.70 bits per heavy atom. The summed E-state index contributed by atoms with van der Waals surface area (Å²) < 4.78 is 6.73. The molecule has 1 aromatic heterocycles. The Labute approximate surface area is 155 Å². The minimum atomic E-state index is -1.22. The lowest BCUT2D eigenvalue weighted by Gasteiger charge is -2.14. The molecule has 27 heavy (non-hydrogen) atoms. The number of anilines is 1. The third kappa shape index (κ3) is 3.03. The fraction of sp³-hybridized carbons (Fsp3) is 0.150. The summed E-state index contributed by atoms with van der Waals surface area (Å²) in [5.41, 5.74) is 4.37. The van der Waals surface area contributed by atoms with Crippen LogP contribution >= 0.6 is 0 Å². The quantitative estimate of drug-likeness (QED) is 0.740. The maximum atomic E-state index is 12.2. The molecule has 0 bridgehead atoms. The third-order valence-electron chi connectivity index (χ3n) is 4.61. The smallest absolute Gasteiger partial charge is 0.411 e. The first-order chi connectivity index (χ1) is 13.0. The lowest BCUT2D eigenvalue weighted by atomic mass is 9.98. The topological polar surface area (TPSA) is 93.5 Å². The molecule has 0 fully saturated rings. The van der Waals surface area contributed by atoms with E-state index in [9.17, 15) is 9.59 Å². The number of aryl methyl sites for hydroxylation is 1. The van der Waals surface area contributed by atoms with Gasteiger partial charge >= 0.3 is 12.1 Å². The Bertz CT molecular complexity index is 996. The number of carbonyl (C=O) groups is 2. The lowest BCUT2D eigenvalue weighted by Crippen LogP contribution is -2.18. The number of amides is 1. The van der Waals surface area contributed by atoms with E-state index >= 15 is 0 Å². The standard InChI is InChI=1S/C20H17N3O4/c1-23-10-17(18(22-23)19(24)25)21-20(26)27-11-16-14-8-4-2-6-12(14)13-7-3-5-9-15(13)16/h2-10,16H,11H2,1H3,(H,21,26)(H,24,25). The zero-order chi connectivity index (χ0) is 19.0. The first-order valence-corrected chi connectivity index (χ1v) is 8.43. The largest absolute Gasteiger partial charge is 0.476 e. The van der Waals surface area contributed by atoms with Gasteiger partial charge in [0, 0.05) is 19.2 Å². The number of hydrogen-bond donors (Lipinski definition) is 2. The molecule has 4 rings (SSSR count). The number of rotatable bonds is 4. The molecule has 2 aromatic carbocycles. The van der Waals surface area contributed by atoms with Crippen molar-refractivity contribution >= 4 is 17.7 Å². The predicted molar refractivity (Wildman–Crippen MR) is 98.9 cm³/mol. The number of nitrogens with one attached hydrogen (secondary N) is 1. The van der Waals surface area contributed by atoms with Gasteiger partial charge in [-0.15, -0.1) is 0 Å². The predicted octanol–water partition coefficient (Wildman–Crippen LogP) is 3.48. The summed E-state index contributed by atoms with van der Waals surface area (Å²) in [6, 6.07) is 16.1. The Balaban J connectivity index is 1.51. The third-order valence-corrected chi connectivity index (χ3v) is 4.61. The van der Waals surface area contributed by atoms with Gasteiger partial charge in [-0.05, 0) is 22.3 Å². The number of benzene rings is 2. The molecule has 0 saturated carbocycles. The Hall–Kier alpha value is -3.61. The summed E-state index contributed by atoms with van der Waals surface area (Å²) >= 11 is 0. The minimum absolute atomic E-state index is 0.0593. The van der Waals surface area contributed by atoms with E-state index in [1.54, 1.807) is 7.05 Å². The van der Waals surface area contributed by atoms with Crippen LogP contribution in [0.5, 0.6) is 0 Å². The van der Waals surface area contributed by atoms with E-state index in [1.807, 2.05) is 36.4 Å². The van der Waals surface area contributed by atoms with Crippen LogP contribution in [-0.4, -0.2) is 33.6 Å². The van der Waals surface area contributed by atoms with Crippen LogP contribution in [0.25, 0.3) is 11.1 Å². The van der Waals surface area contributed by atoms with E-state index in [0.717, 1.165) is 22.3 Å². The van der Waals surface area contributed by atoms with E-state index < -0.39 is 12.1 Å². The summed E-state index contributed by atoms with van der Waals surface area (Å²) in [6.45, 7) is 0.155. The van der Waals surface area contributed by atoms with Gasteiger partial charge in [-0.2, -0.15) is 5.10 Å². The second-order valence-corrected chi connectivity index (χ2v) is 6.32. The van der Waals surface area contributed by atoms with Gasteiger partial charge in [0.1, 0.15) is 6.61 Å². The number of ether oxygens (including phenoxy) is 1. The van der Waals surface area contributed by atoms with Gasteiger partial charge in [0.25, 0.3) is 0 Å². The zero-order valence-corrected chi connectivity index (χ0v) is 14.5. The Morgan fingerprint density at radius 1 is 1.11 bits per heavy atom. The first kappa shape index (κ1) is 16.8. The maximum absolute atomic E-state index is 12.2. The van der Waals surface area contributed by atoms with E-state index in [1.165, 1.54) is 10.9 Å². The Morgan fingerprint density at radius 3 is 2.30 bits per heavy atom. The van der Waals surface area contributed by atoms with Crippen molar-refractivity contribution in [3.8, 4) is 11.1 Å². The first-order valence-electron chi connectivity index (χ1n) is 8.43. The molecule has 7 nitrogen and oxygen atoms in total. The number of fused-ring (bicyclic) bond motifs is 3. The van der Waals surface area contributed by atoms with Gasteiger partial charge in [-0.1, -0.05) is 48.5 Å². The van der Waals surface area contributed by atoms with Crippen molar-refractivity contribution in [2.75, 3.05) is 11.9 Å². The van der Waals surface area contributed by atoms with Crippen LogP contribution in [0.3, 0.4) is 0 Å². The summed E-state index contributed by atoms with van der Waals surface area (Å²) in [7, 11) is 1.58. The number of nitrogens with zero attached hydrogens (tertiary/aromatic N) is 2. The van der Waals surface area contributed by atoms with Crippen LogP contribution in [0.2, 0.25) is 0 Å². The van der Waals surface area contributed by atoms with E-state index in [4.69, 9.17) is 9.84 Å². The van der Waals surface area contributed by atoms with Crippen LogP contribution in [0, 0.1) is 0 Å². The molecular formula is C20H17N3O4. The highest BCUT2D eigenvalue weighted by molar-refractivity contribution is 5.96. The van der Waals surface area contributed by atoms with Crippen LogP contribution in [0.4, 0.5) is 10.5 Å². The average molecular weight is 363 g/mol. The maximum Gasteiger partial charge on any atom is 0.411 e. The SMILES string of the molecule is Cn1cc(NC(=O)OCC2c3ccccc3-c3ccccc32)c(C(=O)O)n1. The highest BCUT2D eigenvalue weighted by Crippen LogP contribution is 2.44. The number of hydrogen-bond acceptors (Lipinski definition) is 4. The molecule has 1 amide bonds. The molecule has 0 aliphatic heterocycles. The van der Waals surface area contributed by atoms with Crippen molar-refractivity contribution in [3.05, 3.63) is 71.5 Å². The van der Waals surface area contributed by atoms with Gasteiger partial charge in [0.05, 0.1) is 5.69 Å². The summed E-state index contributed by atoms with van der Waals surface area (Å²) in [5.74, 6) is -1.28. The van der Waals surface area contributed by atoms with Gasteiger partial charge in [0.15, 0.2) is 5.69 Å². The number of carboxylic acids is 1. The fourth-order valence-electron chi connectivity index (χ4n) is 3.48. The molecule has 1 aliphatic rings. The second kappa shape index (κ2) is 6.60. The molecule has 0 saturated heterocycles. The van der Waals surface area contributed by atoms with Crippen LogP contribution < -0.4 is 5.32 Å². The van der Waals surface area contributed by atoms with Crippen LogP contribution in [0.15, 0.2) is 54.7 Å². The lowest BCUT2D eigenvalue weighted by molar-refractivity contribution is 0.0690. The zero-order valence-electron chi connectivity index (χ0n) is 14.5. The van der Waals surface area contributed by atoms with Crippen molar-refractivity contribution in [1.82, 2.24) is 9.78 Å². The van der Waals surface area contributed by atoms with E-state index in [0.29, 0.717) is 0 Å². The molecule has 1 heterocycles. The normalized spacial score (nSPS) is 12.3. The van der Waals surface area contributed by atoms with Crippen molar-refractivity contribution in [3.63, 3.8) is 0 Å². The van der Waals surface area contributed by atoms with Crippen molar-refractivity contribution in [2.45, 2.75) is 5.92 Å². The fourth-order valence-corrected chi connectivity index (χ4v) is 3.48. The number of aromatic nitrogens is 2. The second-order valence-electron chi connectivity index (χ2n) is 6.32. The van der Waals surface area contributed by atoms with Crippen molar-refractivity contribution in [2.24, 2.45) is 7.05 Å². The Kier molecular flexibility index (Phi) is 4.12. The molecule has 2 N–H and O–H groups in total. The van der Waals surface area contributed by atoms with Crippen molar-refractivity contribution in [1.29, 1.82) is 0 Å². The van der Waals surface area contributed by atoms with Gasteiger partial charge in [-0.25, -0.2) is 9.59 Å². The summed E-state index contributed by atoms with van der Waals surface area (Å²) in [6.07, 6.45) is 0.706. The monoisotopic (exact) mass is 363 g/mol. The van der Waals surface area contributed by atoms with Gasteiger partial charge in [-0.3, -0.25) is 10.00 Å². The molecule has 0 atom stereocenters. The molecule has 7 heteroatoms. The molecule has 136 valence electrons. The minimum Gasteiger partial charge on any atom is -0.476 e. The number of aromatic carboxylic acids is 1. The molecule has 3 aromatic rings. The molecule has 0 spiro atoms. The van der Waals surface area contributed by atoms with Crippen LogP contribution in [-0.2, 0) is 11.8 Å². The molecular weight excluding hydrogens is 346 g/mol.